The molecule has 0 saturated heterocycles. The Balaban J connectivity index is -0.00000104. The Morgan fingerprint density at radius 2 is 1.41 bits per heavy atom. The minimum absolute atomic E-state index is 0. The molecule has 0 aliphatic heterocycles. The topological polar surface area (TPSA) is 133 Å². The molecule has 0 rings (SSSR count). The second kappa shape index (κ2) is 12.1. The third-order valence-corrected chi connectivity index (χ3v) is 4.02. The Hall–Kier alpha value is -1.43. The summed E-state index contributed by atoms with van der Waals surface area (Å²) < 4.78 is 45.0. The molecule has 11 heteroatoms. The summed E-state index contributed by atoms with van der Waals surface area (Å²) in [5.41, 5.74) is -1.34. The van der Waals surface area contributed by atoms with Crippen LogP contribution in [0.3, 0.4) is 0 Å². The van der Waals surface area contributed by atoms with Gasteiger partial charge < -0.3 is 17.1 Å². The smallest absolute Gasteiger partial charge is 1.00 e. The molecule has 0 radical (unpaired) electrons. The van der Waals surface area contributed by atoms with Crippen molar-refractivity contribution in [2.45, 2.75) is 27.2 Å². The maximum Gasteiger partial charge on any atom is 2.00 e. The molecule has 0 aliphatic rings. The largest absolute Gasteiger partial charge is 2.00 e. The van der Waals surface area contributed by atoms with Crippen molar-refractivity contribution in [2.24, 2.45) is 5.41 Å². The molecule has 9 nitrogen and oxygen atoms in total. The quantitative estimate of drug-likeness (QED) is 0.171. The fourth-order valence-corrected chi connectivity index (χ4v) is 1.85. The van der Waals surface area contributed by atoms with E-state index in [0.717, 1.165) is 0 Å². The van der Waals surface area contributed by atoms with Gasteiger partial charge in [-0.15, -0.1) is 0 Å². The molecular weight excluding hydrogens is 393 g/mol. The molecule has 0 aliphatic carbocycles. The normalized spacial score (nSPS) is 11.0. The number of ether oxygens (including phenoxy) is 3. The van der Waals surface area contributed by atoms with Crippen LogP contribution >= 0.6 is 0 Å². The SMILES string of the molecule is C=C(C)C(=O)OCC(CC)(COC(=O)C(=C)C)C(=O)OCCS(=O)(=O)O.[H-].[H-].[Mg+2]. The van der Waals surface area contributed by atoms with Crippen LogP contribution in [0.15, 0.2) is 24.3 Å². The Kier molecular flexibility index (Phi) is 12.5. The summed E-state index contributed by atoms with van der Waals surface area (Å²) in [5, 5.41) is 0. The summed E-state index contributed by atoms with van der Waals surface area (Å²) in [6.07, 6.45) is 0.0602. The van der Waals surface area contributed by atoms with Crippen molar-refractivity contribution in [3.8, 4) is 0 Å². The number of carbonyl (C=O) groups is 3. The maximum absolute atomic E-state index is 12.4. The minimum atomic E-state index is -4.32. The van der Waals surface area contributed by atoms with E-state index in [0.29, 0.717) is 0 Å². The summed E-state index contributed by atoms with van der Waals surface area (Å²) >= 11 is 0. The van der Waals surface area contributed by atoms with Crippen LogP contribution in [0.25, 0.3) is 0 Å². The second-order valence-electron chi connectivity index (χ2n) is 5.77. The van der Waals surface area contributed by atoms with Crippen molar-refractivity contribution in [3.63, 3.8) is 0 Å². The van der Waals surface area contributed by atoms with E-state index >= 15 is 0 Å². The second-order valence-corrected chi connectivity index (χ2v) is 7.34. The van der Waals surface area contributed by atoms with Gasteiger partial charge in [0, 0.05) is 11.1 Å². The number of rotatable bonds is 11. The van der Waals surface area contributed by atoms with Crippen LogP contribution in [0.5, 0.6) is 0 Å². The monoisotopic (exact) mass is 418 g/mol. The Labute approximate surface area is 178 Å². The summed E-state index contributed by atoms with van der Waals surface area (Å²) in [4.78, 5) is 35.6. The van der Waals surface area contributed by atoms with Crippen molar-refractivity contribution < 1.29 is 44.4 Å². The van der Waals surface area contributed by atoms with Gasteiger partial charge in [-0.05, 0) is 20.3 Å². The van der Waals surface area contributed by atoms with Crippen LogP contribution in [0, 0.1) is 5.41 Å². The summed E-state index contributed by atoms with van der Waals surface area (Å²) in [6.45, 7) is 9.70. The van der Waals surface area contributed by atoms with Gasteiger partial charge in [-0.1, -0.05) is 20.1 Å². The Morgan fingerprint density at radius 3 is 1.70 bits per heavy atom. The van der Waals surface area contributed by atoms with Crippen LogP contribution in [-0.2, 0) is 38.7 Å². The average molecular weight is 419 g/mol. The van der Waals surface area contributed by atoms with Crippen LogP contribution in [0.1, 0.15) is 30.0 Å². The van der Waals surface area contributed by atoms with Gasteiger partial charge in [0.15, 0.2) is 0 Å². The third-order valence-electron chi connectivity index (χ3n) is 3.34. The molecule has 0 aromatic carbocycles. The van der Waals surface area contributed by atoms with Crippen molar-refractivity contribution in [1.29, 1.82) is 0 Å². The number of hydrogen-bond donors (Lipinski definition) is 1. The predicted molar refractivity (Wildman–Crippen MR) is 99.6 cm³/mol. The number of carbonyl (C=O) groups excluding carboxylic acids is 3. The zero-order valence-electron chi connectivity index (χ0n) is 17.8. The molecule has 0 amide bonds. The molecular formula is C16H26MgO9S. The van der Waals surface area contributed by atoms with Crippen LogP contribution in [0.4, 0.5) is 0 Å². The number of esters is 3. The molecule has 0 spiro atoms. The molecule has 0 atom stereocenters. The van der Waals surface area contributed by atoms with Gasteiger partial charge in [-0.25, -0.2) is 9.59 Å². The Morgan fingerprint density at radius 1 is 1.00 bits per heavy atom. The molecule has 0 aromatic rings. The van der Waals surface area contributed by atoms with Gasteiger partial charge in [0.2, 0.25) is 0 Å². The van der Waals surface area contributed by atoms with Gasteiger partial charge in [0.1, 0.15) is 31.0 Å². The average Bonchev–Trinajstić information content (AvgIpc) is 2.53. The fourth-order valence-electron chi connectivity index (χ4n) is 1.55. The third kappa shape index (κ3) is 10.5. The maximum atomic E-state index is 12.4. The zero-order valence-corrected chi connectivity index (χ0v) is 18.0. The summed E-state index contributed by atoms with van der Waals surface area (Å²) in [5.74, 6) is -3.23. The molecule has 27 heavy (non-hydrogen) atoms. The van der Waals surface area contributed by atoms with Gasteiger partial charge in [-0.2, -0.15) is 8.42 Å². The number of hydrogen-bond acceptors (Lipinski definition) is 8. The zero-order chi connectivity index (χ0) is 20.5. The first-order valence-corrected chi connectivity index (χ1v) is 9.23. The molecule has 0 bridgehead atoms. The molecule has 0 aromatic heterocycles. The van der Waals surface area contributed by atoms with Crippen molar-refractivity contribution in [1.82, 2.24) is 0 Å². The van der Waals surface area contributed by atoms with Crippen LogP contribution in [-0.4, -0.2) is 79.5 Å². The first kappa shape index (κ1) is 27.8. The molecule has 0 fully saturated rings. The summed E-state index contributed by atoms with van der Waals surface area (Å²) in [7, 11) is -4.32. The van der Waals surface area contributed by atoms with E-state index in [2.05, 4.69) is 13.2 Å². The van der Waals surface area contributed by atoms with E-state index in [1.807, 2.05) is 0 Å². The summed E-state index contributed by atoms with van der Waals surface area (Å²) in [6, 6.07) is 0. The van der Waals surface area contributed by atoms with Gasteiger partial charge in [-0.3, -0.25) is 9.35 Å². The van der Waals surface area contributed by atoms with E-state index < -0.39 is 59.0 Å². The standard InChI is InChI=1S/C16H24O9S.Mg.2H/c1-6-16(9-24-13(17)11(2)3,10-25-14(18)12(4)5)15(19)23-7-8-26(20,21)22;;;/h2,4,6-10H2,1,3,5H3,(H,20,21,22);;;/q;+2;2*-1. The molecule has 0 heterocycles. The molecule has 0 unspecified atom stereocenters. The van der Waals surface area contributed by atoms with E-state index in [-0.39, 0.29) is 43.5 Å². The van der Waals surface area contributed by atoms with Gasteiger partial charge in [0.05, 0.1) is 0 Å². The van der Waals surface area contributed by atoms with Crippen LogP contribution < -0.4 is 0 Å². The first-order valence-electron chi connectivity index (χ1n) is 7.62. The van der Waals surface area contributed by atoms with E-state index in [4.69, 9.17) is 18.8 Å². The van der Waals surface area contributed by atoms with Crippen molar-refractivity contribution in [2.75, 3.05) is 25.6 Å². The van der Waals surface area contributed by atoms with E-state index in [9.17, 15) is 22.8 Å². The van der Waals surface area contributed by atoms with Crippen molar-refractivity contribution >= 4 is 51.1 Å². The predicted octanol–water partition coefficient (Wildman–Crippen LogP) is 0.897. The van der Waals surface area contributed by atoms with Gasteiger partial charge >= 0.3 is 41.0 Å². The first-order chi connectivity index (χ1) is 11.8. The minimum Gasteiger partial charge on any atom is -1.00 e. The van der Waals surface area contributed by atoms with Crippen molar-refractivity contribution in [3.05, 3.63) is 24.3 Å². The van der Waals surface area contributed by atoms with E-state index in [1.165, 1.54) is 13.8 Å². The fraction of sp³-hybridized carbons (Fsp3) is 0.562. The molecule has 152 valence electrons. The van der Waals surface area contributed by atoms with Crippen LogP contribution in [0.2, 0.25) is 0 Å². The molecule has 0 saturated carbocycles. The van der Waals surface area contributed by atoms with E-state index in [1.54, 1.807) is 6.92 Å². The Bertz CT molecular complexity index is 663. The van der Waals surface area contributed by atoms with Gasteiger partial charge in [0.25, 0.3) is 10.1 Å². The molecule has 1 N–H and O–H groups in total.